The second kappa shape index (κ2) is 9.01. The highest BCUT2D eigenvalue weighted by molar-refractivity contribution is 6.34. The molecular weight excluding hydrogens is 330 g/mol. The summed E-state index contributed by atoms with van der Waals surface area (Å²) in [5.74, 6) is 0.0323. The zero-order valence-corrected chi connectivity index (χ0v) is 14.8. The largest absolute Gasteiger partial charge is 0.378 e. The van der Waals surface area contributed by atoms with Crippen LogP contribution in [0, 0.1) is 5.92 Å². The van der Waals surface area contributed by atoms with Crippen LogP contribution in [0.3, 0.4) is 0 Å². The van der Waals surface area contributed by atoms with Crippen molar-refractivity contribution in [2.24, 2.45) is 5.92 Å². The van der Waals surface area contributed by atoms with Gasteiger partial charge in [-0.1, -0.05) is 25.4 Å². The van der Waals surface area contributed by atoms with Gasteiger partial charge in [0.05, 0.1) is 23.8 Å². The number of carbonyl (C=O) groups is 2. The lowest BCUT2D eigenvalue weighted by molar-refractivity contribution is -0.117. The molecule has 24 heavy (non-hydrogen) atoms. The molecule has 1 aliphatic rings. The van der Waals surface area contributed by atoms with Gasteiger partial charge in [-0.3, -0.25) is 9.59 Å². The normalized spacial score (nSPS) is 17.6. The highest BCUT2D eigenvalue weighted by Crippen LogP contribution is 2.21. The van der Waals surface area contributed by atoms with Gasteiger partial charge in [-0.05, 0) is 24.1 Å². The second-order valence-corrected chi connectivity index (χ2v) is 6.68. The van der Waals surface area contributed by atoms with Gasteiger partial charge in [-0.25, -0.2) is 0 Å². The number of rotatable bonds is 6. The predicted molar refractivity (Wildman–Crippen MR) is 94.5 cm³/mol. The van der Waals surface area contributed by atoms with Gasteiger partial charge < -0.3 is 20.7 Å². The van der Waals surface area contributed by atoms with E-state index in [4.69, 9.17) is 16.3 Å². The Kier molecular flexibility index (Phi) is 7.02. The molecule has 0 radical (unpaired) electrons. The molecule has 1 aromatic rings. The van der Waals surface area contributed by atoms with E-state index in [1.165, 1.54) is 0 Å². The average Bonchev–Trinajstić information content (AvgIpc) is 2.53. The lowest BCUT2D eigenvalue weighted by atomic mass is 10.1. The van der Waals surface area contributed by atoms with E-state index in [0.29, 0.717) is 48.4 Å². The molecule has 7 heteroatoms. The smallest absolute Gasteiger partial charge is 0.252 e. The molecule has 6 nitrogen and oxygen atoms in total. The van der Waals surface area contributed by atoms with E-state index in [9.17, 15) is 9.59 Å². The summed E-state index contributed by atoms with van der Waals surface area (Å²) < 4.78 is 5.33. The van der Waals surface area contributed by atoms with E-state index >= 15 is 0 Å². The standard InChI is InChI=1S/C17H24ClN3O3/c1-11(2)9-20-17(23)14-4-3-12(7-15(14)18)21-16(22)8-13-10-24-6-5-19-13/h3-4,7,11,13,19H,5-6,8-10H2,1-2H3,(H,20,23)(H,21,22). The minimum absolute atomic E-state index is 0.0234. The summed E-state index contributed by atoms with van der Waals surface area (Å²) in [6.07, 6.45) is 0.328. The summed E-state index contributed by atoms with van der Waals surface area (Å²) >= 11 is 6.17. The highest BCUT2D eigenvalue weighted by Gasteiger charge is 2.17. The Bertz CT molecular complexity index is 586. The number of nitrogens with one attached hydrogen (secondary N) is 3. The first-order chi connectivity index (χ1) is 11.5. The number of hydrogen-bond donors (Lipinski definition) is 3. The fourth-order valence-electron chi connectivity index (χ4n) is 2.36. The minimum atomic E-state index is -0.213. The Labute approximate surface area is 147 Å². The van der Waals surface area contributed by atoms with Crippen LogP contribution in [0.5, 0.6) is 0 Å². The quantitative estimate of drug-likeness (QED) is 0.731. The summed E-state index contributed by atoms with van der Waals surface area (Å²) in [6, 6.07) is 4.92. The Morgan fingerprint density at radius 1 is 1.42 bits per heavy atom. The maximum atomic E-state index is 12.1. The monoisotopic (exact) mass is 353 g/mol. The first-order valence-corrected chi connectivity index (χ1v) is 8.52. The molecule has 1 saturated heterocycles. The van der Waals surface area contributed by atoms with Gasteiger partial charge in [-0.2, -0.15) is 0 Å². The van der Waals surface area contributed by atoms with Crippen molar-refractivity contribution in [3.63, 3.8) is 0 Å². The van der Waals surface area contributed by atoms with Gasteiger partial charge in [0, 0.05) is 31.2 Å². The fraction of sp³-hybridized carbons (Fsp3) is 0.529. The van der Waals surface area contributed by atoms with Crippen LogP contribution in [0.1, 0.15) is 30.6 Å². The van der Waals surface area contributed by atoms with Crippen molar-refractivity contribution >= 4 is 29.1 Å². The van der Waals surface area contributed by atoms with Crippen LogP contribution in [0.2, 0.25) is 5.02 Å². The molecule has 132 valence electrons. The van der Waals surface area contributed by atoms with Crippen molar-refractivity contribution < 1.29 is 14.3 Å². The van der Waals surface area contributed by atoms with Crippen molar-refractivity contribution in [1.82, 2.24) is 10.6 Å². The topological polar surface area (TPSA) is 79.5 Å². The number of benzene rings is 1. The summed E-state index contributed by atoms with van der Waals surface area (Å²) in [4.78, 5) is 24.1. The number of morpholine rings is 1. The van der Waals surface area contributed by atoms with Crippen LogP contribution in [0.25, 0.3) is 0 Å². The first-order valence-electron chi connectivity index (χ1n) is 8.14. The van der Waals surface area contributed by atoms with Crippen LogP contribution in [0.4, 0.5) is 5.69 Å². The molecular formula is C17H24ClN3O3. The van der Waals surface area contributed by atoms with Gasteiger partial charge in [0.2, 0.25) is 5.91 Å². The fourth-order valence-corrected chi connectivity index (χ4v) is 2.62. The molecule has 1 fully saturated rings. The van der Waals surface area contributed by atoms with Crippen molar-refractivity contribution in [1.29, 1.82) is 0 Å². The lowest BCUT2D eigenvalue weighted by Gasteiger charge is -2.23. The molecule has 1 unspecified atom stereocenters. The number of amides is 2. The van der Waals surface area contributed by atoms with Crippen LogP contribution in [-0.4, -0.2) is 44.2 Å². The van der Waals surface area contributed by atoms with Gasteiger partial charge in [0.1, 0.15) is 0 Å². The van der Waals surface area contributed by atoms with Crippen LogP contribution in [0.15, 0.2) is 18.2 Å². The van der Waals surface area contributed by atoms with Crippen molar-refractivity contribution in [3.05, 3.63) is 28.8 Å². The second-order valence-electron chi connectivity index (χ2n) is 6.28. The molecule has 0 aromatic heterocycles. The molecule has 3 N–H and O–H groups in total. The zero-order chi connectivity index (χ0) is 17.5. The zero-order valence-electron chi connectivity index (χ0n) is 14.0. The number of ether oxygens (including phenoxy) is 1. The van der Waals surface area contributed by atoms with Gasteiger partial charge >= 0.3 is 0 Å². The Morgan fingerprint density at radius 3 is 2.83 bits per heavy atom. The van der Waals surface area contributed by atoms with E-state index in [1.54, 1.807) is 18.2 Å². The number of halogens is 1. The van der Waals surface area contributed by atoms with Crippen molar-refractivity contribution in [2.75, 3.05) is 31.6 Å². The molecule has 2 rings (SSSR count). The molecule has 1 aliphatic heterocycles. The molecule has 1 atom stereocenters. The Hall–Kier alpha value is -1.63. The van der Waals surface area contributed by atoms with Crippen LogP contribution >= 0.6 is 11.6 Å². The minimum Gasteiger partial charge on any atom is -0.378 e. The third-order valence-electron chi connectivity index (χ3n) is 3.60. The van der Waals surface area contributed by atoms with Crippen LogP contribution < -0.4 is 16.0 Å². The van der Waals surface area contributed by atoms with Crippen molar-refractivity contribution in [3.8, 4) is 0 Å². The highest BCUT2D eigenvalue weighted by atomic mass is 35.5. The first kappa shape index (κ1) is 18.7. The van der Waals surface area contributed by atoms with E-state index < -0.39 is 0 Å². The van der Waals surface area contributed by atoms with Gasteiger partial charge in [-0.15, -0.1) is 0 Å². The summed E-state index contributed by atoms with van der Waals surface area (Å²) in [7, 11) is 0. The van der Waals surface area contributed by atoms with E-state index in [0.717, 1.165) is 6.54 Å². The molecule has 0 saturated carbocycles. The molecule has 0 bridgehead atoms. The maximum Gasteiger partial charge on any atom is 0.252 e. The number of anilines is 1. The molecule has 1 heterocycles. The Morgan fingerprint density at radius 2 is 2.21 bits per heavy atom. The molecule has 1 aromatic carbocycles. The molecule has 0 aliphatic carbocycles. The summed E-state index contributed by atoms with van der Waals surface area (Å²) in [6.45, 7) is 6.59. The van der Waals surface area contributed by atoms with E-state index in [-0.39, 0.29) is 17.9 Å². The maximum absolute atomic E-state index is 12.1. The SMILES string of the molecule is CC(C)CNC(=O)c1ccc(NC(=O)CC2COCCN2)cc1Cl. The number of carbonyl (C=O) groups excluding carboxylic acids is 2. The van der Waals surface area contributed by atoms with Gasteiger partial charge in [0.15, 0.2) is 0 Å². The summed E-state index contributed by atoms with van der Waals surface area (Å²) in [5.41, 5.74) is 0.972. The summed E-state index contributed by atoms with van der Waals surface area (Å²) in [5, 5.41) is 9.16. The lowest BCUT2D eigenvalue weighted by Crippen LogP contribution is -2.43. The molecule has 2 amide bonds. The predicted octanol–water partition coefficient (Wildman–Crippen LogP) is 2.04. The third kappa shape index (κ3) is 5.78. The van der Waals surface area contributed by atoms with Crippen LogP contribution in [-0.2, 0) is 9.53 Å². The van der Waals surface area contributed by atoms with E-state index in [1.807, 2.05) is 13.8 Å². The third-order valence-corrected chi connectivity index (χ3v) is 3.91. The van der Waals surface area contributed by atoms with Crippen molar-refractivity contribution in [2.45, 2.75) is 26.3 Å². The van der Waals surface area contributed by atoms with Gasteiger partial charge in [0.25, 0.3) is 5.91 Å². The number of hydrogen-bond acceptors (Lipinski definition) is 4. The molecule has 0 spiro atoms. The van der Waals surface area contributed by atoms with E-state index in [2.05, 4.69) is 16.0 Å². The Balaban J connectivity index is 1.91. The average molecular weight is 354 g/mol.